The number of hydrogen-bond donors (Lipinski definition) is 2. The lowest BCUT2D eigenvalue weighted by atomic mass is 10.1. The number of likely N-dealkylation sites (N-methyl/N-ethyl adjacent to an activating group) is 1. The number of nitrogens with two attached hydrogens (primary N) is 1. The van der Waals surface area contributed by atoms with Gasteiger partial charge in [0.05, 0.1) is 23.2 Å². The minimum absolute atomic E-state index is 0.0478. The maximum atomic E-state index is 9.84. The van der Waals surface area contributed by atoms with Crippen LogP contribution in [0.4, 0.5) is 5.69 Å². The van der Waals surface area contributed by atoms with Gasteiger partial charge in [-0.25, -0.2) is 0 Å². The molecule has 0 aliphatic heterocycles. The van der Waals surface area contributed by atoms with E-state index in [0.717, 1.165) is 17.9 Å². The molecule has 1 aromatic rings. The first-order valence-electron chi connectivity index (χ1n) is 6.02. The molecule has 1 unspecified atom stereocenters. The quantitative estimate of drug-likeness (QED) is 0.818. The molecule has 4 heteroatoms. The van der Waals surface area contributed by atoms with Crippen molar-refractivity contribution in [3.63, 3.8) is 0 Å². The lowest BCUT2D eigenvalue weighted by Gasteiger charge is -2.29. The Morgan fingerprint density at radius 2 is 2.12 bits per heavy atom. The van der Waals surface area contributed by atoms with Crippen LogP contribution in [0, 0.1) is 0 Å². The molecule has 0 saturated heterocycles. The summed E-state index contributed by atoms with van der Waals surface area (Å²) < 4.78 is 0. The predicted molar refractivity (Wildman–Crippen MR) is 71.0 cm³/mol. The monoisotopic (exact) mass is 237 g/mol. The van der Waals surface area contributed by atoms with Crippen LogP contribution in [0.3, 0.4) is 0 Å². The standard InChI is InChI=1S/C13H23N3O/c1-5-16(9-13(3,4)17)11-6-7-12(10(2)14)15-8-11/h6-8,10,17H,5,9,14H2,1-4H3. The zero-order chi connectivity index (χ0) is 13.1. The van der Waals surface area contributed by atoms with Crippen LogP contribution in [0.1, 0.15) is 39.4 Å². The maximum absolute atomic E-state index is 9.84. The van der Waals surface area contributed by atoms with E-state index in [4.69, 9.17) is 5.73 Å². The van der Waals surface area contributed by atoms with Gasteiger partial charge in [-0.15, -0.1) is 0 Å². The molecule has 3 N–H and O–H groups in total. The fraction of sp³-hybridized carbons (Fsp3) is 0.615. The Hall–Kier alpha value is -1.13. The molecular weight excluding hydrogens is 214 g/mol. The first kappa shape index (κ1) is 13.9. The van der Waals surface area contributed by atoms with Gasteiger partial charge < -0.3 is 15.7 Å². The molecule has 0 saturated carbocycles. The van der Waals surface area contributed by atoms with Crippen LogP contribution in [0.5, 0.6) is 0 Å². The smallest absolute Gasteiger partial charge is 0.0765 e. The van der Waals surface area contributed by atoms with Gasteiger partial charge in [0, 0.05) is 19.1 Å². The molecule has 17 heavy (non-hydrogen) atoms. The molecule has 0 fully saturated rings. The van der Waals surface area contributed by atoms with E-state index in [-0.39, 0.29) is 6.04 Å². The summed E-state index contributed by atoms with van der Waals surface area (Å²) >= 11 is 0. The molecule has 0 spiro atoms. The molecule has 0 aliphatic carbocycles. The molecule has 0 aliphatic rings. The van der Waals surface area contributed by atoms with E-state index < -0.39 is 5.60 Å². The van der Waals surface area contributed by atoms with Crippen molar-refractivity contribution in [1.29, 1.82) is 0 Å². The predicted octanol–water partition coefficient (Wildman–Crippen LogP) is 1.70. The molecule has 0 bridgehead atoms. The summed E-state index contributed by atoms with van der Waals surface area (Å²) in [6.45, 7) is 9.01. The van der Waals surface area contributed by atoms with Crippen LogP contribution in [-0.2, 0) is 0 Å². The van der Waals surface area contributed by atoms with Crippen LogP contribution in [0.25, 0.3) is 0 Å². The van der Waals surface area contributed by atoms with Crippen molar-refractivity contribution in [1.82, 2.24) is 4.98 Å². The van der Waals surface area contributed by atoms with Gasteiger partial charge in [-0.1, -0.05) is 0 Å². The van der Waals surface area contributed by atoms with Crippen molar-refractivity contribution in [2.24, 2.45) is 5.73 Å². The average molecular weight is 237 g/mol. The van der Waals surface area contributed by atoms with Gasteiger partial charge >= 0.3 is 0 Å². The number of aromatic nitrogens is 1. The summed E-state index contributed by atoms with van der Waals surface area (Å²) in [6.07, 6.45) is 1.81. The molecule has 1 aromatic heterocycles. The number of nitrogens with zero attached hydrogens (tertiary/aromatic N) is 2. The van der Waals surface area contributed by atoms with E-state index in [1.807, 2.05) is 25.3 Å². The van der Waals surface area contributed by atoms with Gasteiger partial charge in [-0.3, -0.25) is 4.98 Å². The van der Waals surface area contributed by atoms with Gasteiger partial charge in [0.15, 0.2) is 0 Å². The van der Waals surface area contributed by atoms with Crippen molar-refractivity contribution < 1.29 is 5.11 Å². The largest absolute Gasteiger partial charge is 0.389 e. The average Bonchev–Trinajstić information content (AvgIpc) is 2.25. The number of aliphatic hydroxyl groups is 1. The first-order valence-corrected chi connectivity index (χ1v) is 6.02. The number of anilines is 1. The summed E-state index contributed by atoms with van der Waals surface area (Å²) in [7, 11) is 0. The fourth-order valence-corrected chi connectivity index (χ4v) is 1.71. The van der Waals surface area contributed by atoms with Crippen LogP contribution in [0.2, 0.25) is 0 Å². The highest BCUT2D eigenvalue weighted by molar-refractivity contribution is 5.45. The minimum atomic E-state index is -0.712. The second kappa shape index (κ2) is 5.47. The highest BCUT2D eigenvalue weighted by Gasteiger charge is 2.17. The molecule has 0 radical (unpaired) electrons. The molecule has 1 atom stereocenters. The molecule has 0 amide bonds. The molecule has 1 heterocycles. The zero-order valence-electron chi connectivity index (χ0n) is 11.1. The SMILES string of the molecule is CCN(CC(C)(C)O)c1ccc(C(C)N)nc1. The molecular formula is C13H23N3O. The van der Waals surface area contributed by atoms with Gasteiger partial charge in [0.25, 0.3) is 0 Å². The van der Waals surface area contributed by atoms with Gasteiger partial charge in [-0.05, 0) is 39.8 Å². The number of rotatable bonds is 5. The van der Waals surface area contributed by atoms with Crippen LogP contribution in [0.15, 0.2) is 18.3 Å². The van der Waals surface area contributed by atoms with Crippen molar-refractivity contribution >= 4 is 5.69 Å². The van der Waals surface area contributed by atoms with E-state index in [1.165, 1.54) is 0 Å². The third kappa shape index (κ3) is 4.32. The van der Waals surface area contributed by atoms with Gasteiger partial charge in [0.1, 0.15) is 0 Å². The minimum Gasteiger partial charge on any atom is -0.389 e. The summed E-state index contributed by atoms with van der Waals surface area (Å²) in [5.41, 5.74) is 6.94. The molecule has 4 nitrogen and oxygen atoms in total. The second-order valence-electron chi connectivity index (χ2n) is 5.06. The van der Waals surface area contributed by atoms with E-state index in [0.29, 0.717) is 6.54 Å². The van der Waals surface area contributed by atoms with Crippen molar-refractivity contribution in [2.75, 3.05) is 18.0 Å². The lowest BCUT2D eigenvalue weighted by molar-refractivity contribution is 0.0876. The van der Waals surface area contributed by atoms with Crippen molar-refractivity contribution in [2.45, 2.75) is 39.3 Å². The van der Waals surface area contributed by atoms with E-state index in [9.17, 15) is 5.11 Å². The van der Waals surface area contributed by atoms with Crippen LogP contribution < -0.4 is 10.6 Å². The second-order valence-corrected chi connectivity index (χ2v) is 5.06. The maximum Gasteiger partial charge on any atom is 0.0765 e. The van der Waals surface area contributed by atoms with E-state index in [1.54, 1.807) is 13.8 Å². The summed E-state index contributed by atoms with van der Waals surface area (Å²) in [6, 6.07) is 3.89. The Morgan fingerprint density at radius 1 is 1.47 bits per heavy atom. The van der Waals surface area contributed by atoms with Crippen LogP contribution >= 0.6 is 0 Å². The van der Waals surface area contributed by atoms with Gasteiger partial charge in [0.2, 0.25) is 0 Å². The number of pyridine rings is 1. The first-order chi connectivity index (χ1) is 7.83. The Kier molecular flexibility index (Phi) is 4.48. The fourth-order valence-electron chi connectivity index (χ4n) is 1.71. The molecule has 0 aromatic carbocycles. The third-order valence-corrected chi connectivity index (χ3v) is 2.56. The highest BCUT2D eigenvalue weighted by atomic mass is 16.3. The normalized spacial score (nSPS) is 13.5. The Morgan fingerprint density at radius 3 is 2.47 bits per heavy atom. The van der Waals surface area contributed by atoms with E-state index >= 15 is 0 Å². The Bertz CT molecular complexity index is 341. The number of hydrogen-bond acceptors (Lipinski definition) is 4. The molecule has 1 rings (SSSR count). The Balaban J connectivity index is 2.82. The highest BCUT2D eigenvalue weighted by Crippen LogP contribution is 2.17. The van der Waals surface area contributed by atoms with Gasteiger partial charge in [-0.2, -0.15) is 0 Å². The molecule has 96 valence electrons. The van der Waals surface area contributed by atoms with E-state index in [2.05, 4.69) is 16.8 Å². The van der Waals surface area contributed by atoms with Crippen molar-refractivity contribution in [3.05, 3.63) is 24.0 Å². The summed E-state index contributed by atoms with van der Waals surface area (Å²) in [5.74, 6) is 0. The lowest BCUT2D eigenvalue weighted by Crippen LogP contribution is -2.38. The summed E-state index contributed by atoms with van der Waals surface area (Å²) in [4.78, 5) is 6.42. The third-order valence-electron chi connectivity index (χ3n) is 2.56. The topological polar surface area (TPSA) is 62.4 Å². The van der Waals surface area contributed by atoms with Crippen molar-refractivity contribution in [3.8, 4) is 0 Å². The Labute approximate surface area is 103 Å². The zero-order valence-corrected chi connectivity index (χ0v) is 11.1. The van der Waals surface area contributed by atoms with Crippen LogP contribution in [-0.4, -0.2) is 28.8 Å². The summed E-state index contributed by atoms with van der Waals surface area (Å²) in [5, 5.41) is 9.84.